The van der Waals surface area contributed by atoms with Crippen LogP contribution in [0.5, 0.6) is 0 Å². The molecule has 0 heterocycles. The van der Waals surface area contributed by atoms with E-state index in [0.29, 0.717) is 16.9 Å². The lowest BCUT2D eigenvalue weighted by Crippen LogP contribution is -2.45. The van der Waals surface area contributed by atoms with Gasteiger partial charge in [0.05, 0.1) is 11.9 Å². The molecule has 0 saturated heterocycles. The van der Waals surface area contributed by atoms with Crippen LogP contribution >= 0.6 is 0 Å². The molecule has 0 saturated carbocycles. The van der Waals surface area contributed by atoms with Crippen molar-refractivity contribution in [3.05, 3.63) is 65.7 Å². The van der Waals surface area contributed by atoms with Gasteiger partial charge in [-0.25, -0.2) is 17.2 Å². The molecule has 0 aliphatic heterocycles. The summed E-state index contributed by atoms with van der Waals surface area (Å²) in [7, 11) is -3.96. The Morgan fingerprint density at radius 3 is 2.22 bits per heavy atom. The molecule has 146 valence electrons. The number of hydrogen-bond donors (Lipinski definition) is 0. The molecule has 8 heteroatoms. The molecule has 0 bridgehead atoms. The predicted molar refractivity (Wildman–Crippen MR) is 101 cm³/mol. The van der Waals surface area contributed by atoms with Crippen molar-refractivity contribution in [2.75, 3.05) is 17.1 Å². The number of halogens is 2. The minimum atomic E-state index is -3.96. The Morgan fingerprint density at radius 2 is 1.70 bits per heavy atom. The van der Waals surface area contributed by atoms with Gasteiger partial charge in [-0.05, 0) is 31.5 Å². The van der Waals surface area contributed by atoms with Crippen LogP contribution in [0.25, 0.3) is 0 Å². The zero-order valence-corrected chi connectivity index (χ0v) is 16.2. The number of sulfonamides is 1. The van der Waals surface area contributed by atoms with E-state index in [-0.39, 0.29) is 11.7 Å². The van der Waals surface area contributed by atoms with Gasteiger partial charge >= 0.3 is 0 Å². The molecule has 0 atom stereocenters. The fraction of sp³-hybridized carbons (Fsp3) is 0.316. The van der Waals surface area contributed by atoms with Crippen LogP contribution in [0, 0.1) is 11.6 Å². The number of nitrogens with zero attached hydrogens (tertiary/aromatic N) is 2. The highest BCUT2D eigenvalue weighted by Crippen LogP contribution is 2.23. The van der Waals surface area contributed by atoms with E-state index in [0.717, 1.165) is 24.0 Å². The lowest BCUT2D eigenvalue weighted by atomic mass is 10.2. The van der Waals surface area contributed by atoms with Crippen molar-refractivity contribution in [1.82, 2.24) is 4.90 Å². The van der Waals surface area contributed by atoms with Crippen LogP contribution < -0.4 is 4.31 Å². The fourth-order valence-electron chi connectivity index (χ4n) is 2.62. The normalized spacial score (nSPS) is 11.5. The Hall–Kier alpha value is -2.48. The summed E-state index contributed by atoms with van der Waals surface area (Å²) in [6, 6.07) is 11.6. The third-order valence-corrected chi connectivity index (χ3v) is 5.12. The molecule has 2 aromatic carbocycles. The molecule has 0 fully saturated rings. The van der Waals surface area contributed by atoms with Crippen LogP contribution in [-0.4, -0.2) is 38.1 Å². The average Bonchev–Trinajstić information content (AvgIpc) is 2.57. The van der Waals surface area contributed by atoms with Gasteiger partial charge in [0.25, 0.3) is 0 Å². The van der Waals surface area contributed by atoms with Gasteiger partial charge in [0.1, 0.15) is 18.2 Å². The topological polar surface area (TPSA) is 57.7 Å². The maximum absolute atomic E-state index is 14.1. The summed E-state index contributed by atoms with van der Waals surface area (Å²) in [5.74, 6) is -2.36. The quantitative estimate of drug-likeness (QED) is 0.722. The van der Waals surface area contributed by atoms with Crippen molar-refractivity contribution in [1.29, 1.82) is 0 Å². The Kier molecular flexibility index (Phi) is 6.54. The molecule has 0 aromatic heterocycles. The molecule has 5 nitrogen and oxygen atoms in total. The SMILES string of the molecule is CC(C)N(Cc1ccccc1)C(=O)CN(c1ccc(F)cc1F)S(C)(=O)=O. The van der Waals surface area contributed by atoms with Gasteiger partial charge in [-0.15, -0.1) is 0 Å². The van der Waals surface area contributed by atoms with Gasteiger partial charge in [0, 0.05) is 18.7 Å². The van der Waals surface area contributed by atoms with Gasteiger partial charge < -0.3 is 4.90 Å². The molecule has 0 aliphatic rings. The monoisotopic (exact) mass is 396 g/mol. The zero-order valence-electron chi connectivity index (χ0n) is 15.4. The predicted octanol–water partition coefficient (Wildman–Crippen LogP) is 3.17. The summed E-state index contributed by atoms with van der Waals surface area (Å²) in [6.07, 6.45) is 0.875. The molecule has 0 aliphatic carbocycles. The lowest BCUT2D eigenvalue weighted by molar-refractivity contribution is -0.131. The Morgan fingerprint density at radius 1 is 1.07 bits per heavy atom. The number of rotatable bonds is 7. The molecule has 1 amide bonds. The van der Waals surface area contributed by atoms with E-state index in [4.69, 9.17) is 0 Å². The maximum Gasteiger partial charge on any atom is 0.243 e. The van der Waals surface area contributed by atoms with E-state index < -0.39 is 34.1 Å². The molecule has 0 unspecified atom stereocenters. The summed E-state index contributed by atoms with van der Waals surface area (Å²) in [4.78, 5) is 14.3. The second-order valence-corrected chi connectivity index (χ2v) is 8.37. The van der Waals surface area contributed by atoms with Gasteiger partial charge in [0.15, 0.2) is 0 Å². The summed E-state index contributed by atoms with van der Waals surface area (Å²) in [5, 5.41) is 0. The second-order valence-electron chi connectivity index (χ2n) is 6.47. The van der Waals surface area contributed by atoms with Crippen LogP contribution in [0.2, 0.25) is 0 Å². The van der Waals surface area contributed by atoms with Crippen molar-refractivity contribution in [2.24, 2.45) is 0 Å². The summed E-state index contributed by atoms with van der Waals surface area (Å²) < 4.78 is 52.2. The number of carbonyl (C=O) groups excluding carboxylic acids is 1. The first-order valence-electron chi connectivity index (χ1n) is 8.35. The molecule has 0 radical (unpaired) electrons. The fourth-order valence-corrected chi connectivity index (χ4v) is 3.47. The van der Waals surface area contributed by atoms with Crippen molar-refractivity contribution in [3.8, 4) is 0 Å². The highest BCUT2D eigenvalue weighted by atomic mass is 32.2. The van der Waals surface area contributed by atoms with E-state index in [1.54, 1.807) is 0 Å². The number of benzene rings is 2. The Balaban J connectivity index is 2.31. The van der Waals surface area contributed by atoms with Crippen LogP contribution in [0.15, 0.2) is 48.5 Å². The second kappa shape index (κ2) is 8.47. The van der Waals surface area contributed by atoms with Gasteiger partial charge in [-0.3, -0.25) is 9.10 Å². The molecule has 2 rings (SSSR count). The first-order valence-corrected chi connectivity index (χ1v) is 10.2. The van der Waals surface area contributed by atoms with Gasteiger partial charge in [-0.2, -0.15) is 0 Å². The molecule has 2 aromatic rings. The smallest absolute Gasteiger partial charge is 0.243 e. The van der Waals surface area contributed by atoms with Crippen LogP contribution in [0.4, 0.5) is 14.5 Å². The molecular formula is C19H22F2N2O3S. The van der Waals surface area contributed by atoms with E-state index in [1.807, 2.05) is 44.2 Å². The first-order chi connectivity index (χ1) is 12.6. The third kappa shape index (κ3) is 5.50. The molecule has 27 heavy (non-hydrogen) atoms. The van der Waals surface area contributed by atoms with Crippen molar-refractivity contribution in [2.45, 2.75) is 26.4 Å². The minimum Gasteiger partial charge on any atom is -0.334 e. The Bertz CT molecular complexity index is 902. The minimum absolute atomic E-state index is 0.197. The van der Waals surface area contributed by atoms with Gasteiger partial charge in [-0.1, -0.05) is 30.3 Å². The van der Waals surface area contributed by atoms with Crippen LogP contribution in [-0.2, 0) is 21.4 Å². The largest absolute Gasteiger partial charge is 0.334 e. The van der Waals surface area contributed by atoms with E-state index >= 15 is 0 Å². The highest BCUT2D eigenvalue weighted by molar-refractivity contribution is 7.92. The molecule has 0 N–H and O–H groups in total. The van der Waals surface area contributed by atoms with E-state index in [2.05, 4.69) is 0 Å². The highest BCUT2D eigenvalue weighted by Gasteiger charge is 2.27. The van der Waals surface area contributed by atoms with Crippen LogP contribution in [0.3, 0.4) is 0 Å². The zero-order chi connectivity index (χ0) is 20.2. The number of hydrogen-bond acceptors (Lipinski definition) is 3. The van der Waals surface area contributed by atoms with Crippen LogP contribution in [0.1, 0.15) is 19.4 Å². The summed E-state index contributed by atoms with van der Waals surface area (Å²) >= 11 is 0. The lowest BCUT2D eigenvalue weighted by Gasteiger charge is -2.30. The maximum atomic E-state index is 14.1. The number of anilines is 1. The molecular weight excluding hydrogens is 374 g/mol. The van der Waals surface area contributed by atoms with Gasteiger partial charge in [0.2, 0.25) is 15.9 Å². The Labute approximate surface area is 158 Å². The average molecular weight is 396 g/mol. The standard InChI is InChI=1S/C19H22F2N2O3S/c1-14(2)22(12-15-7-5-4-6-8-15)19(24)13-23(27(3,25)26)18-10-9-16(20)11-17(18)21/h4-11,14H,12-13H2,1-3H3. The molecule has 0 spiro atoms. The summed E-state index contributed by atoms with van der Waals surface area (Å²) in [5.41, 5.74) is 0.522. The number of amides is 1. The van der Waals surface area contributed by atoms with Crippen molar-refractivity contribution < 1.29 is 22.0 Å². The first kappa shape index (κ1) is 20.8. The third-order valence-electron chi connectivity index (χ3n) is 4.00. The van der Waals surface area contributed by atoms with Crippen molar-refractivity contribution in [3.63, 3.8) is 0 Å². The van der Waals surface area contributed by atoms with E-state index in [1.165, 1.54) is 4.90 Å². The van der Waals surface area contributed by atoms with Crippen molar-refractivity contribution >= 4 is 21.6 Å². The van der Waals surface area contributed by atoms with E-state index in [9.17, 15) is 22.0 Å². The summed E-state index contributed by atoms with van der Waals surface area (Å²) in [6.45, 7) is 3.33. The number of carbonyl (C=O) groups is 1.